The van der Waals surface area contributed by atoms with Gasteiger partial charge in [0.25, 0.3) is 0 Å². The zero-order chi connectivity index (χ0) is 13.7. The van der Waals surface area contributed by atoms with E-state index in [-0.39, 0.29) is 0 Å². The highest BCUT2D eigenvalue weighted by Gasteiger charge is 2.10. The largest absolute Gasteiger partial charge is 0.487 e. The summed E-state index contributed by atoms with van der Waals surface area (Å²) >= 11 is 12.0. The summed E-state index contributed by atoms with van der Waals surface area (Å²) in [7, 11) is 0. The number of ether oxygens (including phenoxy) is 1. The molecule has 0 fully saturated rings. The van der Waals surface area contributed by atoms with Crippen LogP contribution in [0.3, 0.4) is 0 Å². The third kappa shape index (κ3) is 3.63. The van der Waals surface area contributed by atoms with Crippen molar-refractivity contribution >= 4 is 29.4 Å². The molecule has 0 saturated carbocycles. The summed E-state index contributed by atoms with van der Waals surface area (Å²) in [6.45, 7) is 0.370. The van der Waals surface area contributed by atoms with E-state index in [2.05, 4.69) is 5.16 Å². The number of halogens is 2. The maximum absolute atomic E-state index is 8.64. The first-order valence-corrected chi connectivity index (χ1v) is 6.29. The minimum absolute atomic E-state index is 0.370. The third-order valence-electron chi connectivity index (χ3n) is 2.46. The lowest BCUT2D eigenvalue weighted by Crippen LogP contribution is -1.99. The molecule has 0 aliphatic carbocycles. The number of hydrogen-bond donors (Lipinski definition) is 1. The van der Waals surface area contributed by atoms with Gasteiger partial charge in [-0.05, 0) is 17.7 Å². The maximum Gasteiger partial charge on any atom is 0.147 e. The first kappa shape index (κ1) is 13.7. The van der Waals surface area contributed by atoms with E-state index in [0.717, 1.165) is 5.56 Å². The Morgan fingerprint density at radius 2 is 1.89 bits per heavy atom. The molecule has 0 saturated heterocycles. The van der Waals surface area contributed by atoms with Crippen molar-refractivity contribution in [2.75, 3.05) is 0 Å². The molecule has 0 radical (unpaired) electrons. The fourth-order valence-corrected chi connectivity index (χ4v) is 2.18. The van der Waals surface area contributed by atoms with Crippen LogP contribution in [-0.4, -0.2) is 11.4 Å². The summed E-state index contributed by atoms with van der Waals surface area (Å²) < 4.78 is 5.67. The Hall–Kier alpha value is -1.71. The summed E-state index contributed by atoms with van der Waals surface area (Å²) in [6, 6.07) is 12.9. The molecule has 0 atom stereocenters. The van der Waals surface area contributed by atoms with Gasteiger partial charge in [0.05, 0.1) is 11.2 Å². The number of benzene rings is 2. The van der Waals surface area contributed by atoms with Gasteiger partial charge in [0.2, 0.25) is 0 Å². The van der Waals surface area contributed by atoms with Crippen LogP contribution >= 0.6 is 23.2 Å². The summed E-state index contributed by atoms with van der Waals surface area (Å²) in [5, 5.41) is 12.4. The zero-order valence-corrected chi connectivity index (χ0v) is 11.4. The summed E-state index contributed by atoms with van der Waals surface area (Å²) in [5.41, 5.74) is 1.54. The molecule has 0 spiro atoms. The van der Waals surface area contributed by atoms with Gasteiger partial charge >= 0.3 is 0 Å². The van der Waals surface area contributed by atoms with E-state index in [1.807, 2.05) is 30.3 Å². The standard InChI is InChI=1S/C14H11Cl2NO2/c15-12-6-11(8-17-18)14(13(16)7-12)19-9-10-4-2-1-3-5-10/h1-8,18H,9H2/b17-8+. The lowest BCUT2D eigenvalue weighted by molar-refractivity contribution is 0.304. The zero-order valence-electron chi connectivity index (χ0n) is 9.88. The first-order valence-electron chi connectivity index (χ1n) is 5.54. The Bertz CT molecular complexity index is 585. The van der Waals surface area contributed by atoms with Crippen LogP contribution in [0.25, 0.3) is 0 Å². The Labute approximate surface area is 121 Å². The average molecular weight is 296 g/mol. The molecule has 2 rings (SSSR count). The van der Waals surface area contributed by atoms with Crippen LogP contribution in [0.4, 0.5) is 0 Å². The van der Waals surface area contributed by atoms with Crippen LogP contribution in [0, 0.1) is 0 Å². The highest BCUT2D eigenvalue weighted by Crippen LogP contribution is 2.32. The quantitative estimate of drug-likeness (QED) is 0.517. The van der Waals surface area contributed by atoms with E-state index in [9.17, 15) is 0 Å². The van der Waals surface area contributed by atoms with Gasteiger partial charge in [-0.1, -0.05) is 58.7 Å². The molecule has 2 aromatic carbocycles. The van der Waals surface area contributed by atoms with E-state index < -0.39 is 0 Å². The van der Waals surface area contributed by atoms with Gasteiger partial charge in [-0.2, -0.15) is 0 Å². The third-order valence-corrected chi connectivity index (χ3v) is 2.96. The van der Waals surface area contributed by atoms with Crippen molar-refractivity contribution in [3.8, 4) is 5.75 Å². The van der Waals surface area contributed by atoms with Crippen molar-refractivity contribution in [1.29, 1.82) is 0 Å². The minimum atomic E-state index is 0.370. The van der Waals surface area contributed by atoms with E-state index in [1.54, 1.807) is 12.1 Å². The molecule has 0 unspecified atom stereocenters. The number of hydrogen-bond acceptors (Lipinski definition) is 3. The summed E-state index contributed by atoms with van der Waals surface area (Å²) in [4.78, 5) is 0. The molecule has 0 aliphatic rings. The molecule has 19 heavy (non-hydrogen) atoms. The second-order valence-electron chi connectivity index (χ2n) is 3.82. The Morgan fingerprint density at radius 1 is 1.16 bits per heavy atom. The van der Waals surface area contributed by atoms with E-state index in [1.165, 1.54) is 6.21 Å². The van der Waals surface area contributed by atoms with Crippen molar-refractivity contribution in [1.82, 2.24) is 0 Å². The summed E-state index contributed by atoms with van der Waals surface area (Å²) in [5.74, 6) is 0.438. The second-order valence-corrected chi connectivity index (χ2v) is 4.67. The number of rotatable bonds is 4. The fourth-order valence-electron chi connectivity index (χ4n) is 1.62. The van der Waals surface area contributed by atoms with Crippen molar-refractivity contribution in [3.63, 3.8) is 0 Å². The summed E-state index contributed by atoms with van der Waals surface area (Å²) in [6.07, 6.45) is 1.23. The van der Waals surface area contributed by atoms with Crippen molar-refractivity contribution in [2.24, 2.45) is 5.16 Å². The maximum atomic E-state index is 8.64. The molecule has 0 bridgehead atoms. The predicted octanol–water partition coefficient (Wildman–Crippen LogP) is 4.38. The van der Waals surface area contributed by atoms with Gasteiger partial charge in [-0.3, -0.25) is 0 Å². The molecule has 98 valence electrons. The SMILES string of the molecule is O/N=C/c1cc(Cl)cc(Cl)c1OCc1ccccc1. The highest BCUT2D eigenvalue weighted by atomic mass is 35.5. The van der Waals surface area contributed by atoms with Gasteiger partial charge in [-0.15, -0.1) is 0 Å². The normalized spacial score (nSPS) is 10.8. The van der Waals surface area contributed by atoms with Crippen molar-refractivity contribution < 1.29 is 9.94 Å². The molecule has 0 aliphatic heterocycles. The molecule has 5 heteroatoms. The Kier molecular flexibility index (Phi) is 4.66. The molecular weight excluding hydrogens is 285 g/mol. The Morgan fingerprint density at radius 3 is 2.58 bits per heavy atom. The lowest BCUT2D eigenvalue weighted by Gasteiger charge is -2.11. The van der Waals surface area contributed by atoms with Crippen molar-refractivity contribution in [3.05, 3.63) is 63.6 Å². The highest BCUT2D eigenvalue weighted by molar-refractivity contribution is 6.36. The van der Waals surface area contributed by atoms with Gasteiger partial charge in [0.15, 0.2) is 0 Å². The van der Waals surface area contributed by atoms with Gasteiger partial charge in [0, 0.05) is 10.6 Å². The fraction of sp³-hybridized carbons (Fsp3) is 0.0714. The van der Waals surface area contributed by atoms with Crippen LogP contribution < -0.4 is 4.74 Å². The topological polar surface area (TPSA) is 41.8 Å². The average Bonchev–Trinajstić information content (AvgIpc) is 2.39. The van der Waals surface area contributed by atoms with Gasteiger partial charge in [0.1, 0.15) is 12.4 Å². The monoisotopic (exact) mass is 295 g/mol. The van der Waals surface area contributed by atoms with E-state index in [0.29, 0.717) is 28.0 Å². The van der Waals surface area contributed by atoms with Crippen LogP contribution in [-0.2, 0) is 6.61 Å². The number of nitrogens with zero attached hydrogens (tertiary/aromatic N) is 1. The van der Waals surface area contributed by atoms with E-state index in [4.69, 9.17) is 33.1 Å². The molecule has 1 N–H and O–H groups in total. The van der Waals surface area contributed by atoms with Crippen molar-refractivity contribution in [2.45, 2.75) is 6.61 Å². The molecule has 2 aromatic rings. The van der Waals surface area contributed by atoms with Crippen LogP contribution in [0.2, 0.25) is 10.0 Å². The molecule has 3 nitrogen and oxygen atoms in total. The van der Waals surface area contributed by atoms with Crippen LogP contribution in [0.5, 0.6) is 5.75 Å². The van der Waals surface area contributed by atoms with Gasteiger partial charge < -0.3 is 9.94 Å². The van der Waals surface area contributed by atoms with Crippen LogP contribution in [0.15, 0.2) is 47.6 Å². The first-order chi connectivity index (χ1) is 9.20. The van der Waals surface area contributed by atoms with E-state index >= 15 is 0 Å². The molecule has 0 amide bonds. The second kappa shape index (κ2) is 6.45. The lowest BCUT2D eigenvalue weighted by atomic mass is 10.2. The van der Waals surface area contributed by atoms with Gasteiger partial charge in [-0.25, -0.2) is 0 Å². The Balaban J connectivity index is 2.24. The smallest absolute Gasteiger partial charge is 0.147 e. The molecule has 0 aromatic heterocycles. The van der Waals surface area contributed by atoms with Crippen LogP contribution in [0.1, 0.15) is 11.1 Å². The number of oxime groups is 1. The molecule has 0 heterocycles. The molecular formula is C14H11Cl2NO2. The predicted molar refractivity (Wildman–Crippen MR) is 76.6 cm³/mol. The minimum Gasteiger partial charge on any atom is -0.487 e.